The lowest BCUT2D eigenvalue weighted by Gasteiger charge is -2.01. The van der Waals surface area contributed by atoms with Crippen LogP contribution in [0.4, 0.5) is 0 Å². The van der Waals surface area contributed by atoms with Gasteiger partial charge in [-0.3, -0.25) is 4.79 Å². The smallest absolute Gasteiger partial charge is 0.374 e. The molecule has 0 amide bonds. The highest BCUT2D eigenvalue weighted by Gasteiger charge is 2.07. The van der Waals surface area contributed by atoms with Crippen LogP contribution in [0.15, 0.2) is 0 Å². The molecule has 0 N–H and O–H groups in total. The van der Waals surface area contributed by atoms with Gasteiger partial charge in [0, 0.05) is 13.5 Å². The van der Waals surface area contributed by atoms with Gasteiger partial charge in [0.1, 0.15) is 6.61 Å². The minimum absolute atomic E-state index is 0.145. The number of carbonyl (C=O) groups is 2. The lowest BCUT2D eigenvalue weighted by atomic mass is 10.5. The molecule has 64 valence electrons. The van der Waals surface area contributed by atoms with Crippen LogP contribution in [0.2, 0.25) is 0 Å². The Morgan fingerprint density at radius 2 is 1.91 bits per heavy atom. The average Bonchev–Trinajstić information content (AvgIpc) is 1.97. The van der Waals surface area contributed by atoms with Crippen molar-refractivity contribution in [2.45, 2.75) is 13.8 Å². The van der Waals surface area contributed by atoms with E-state index in [9.17, 15) is 9.59 Å². The molecule has 0 saturated heterocycles. The van der Waals surface area contributed by atoms with Crippen molar-refractivity contribution in [3.63, 3.8) is 0 Å². The minimum Gasteiger partial charge on any atom is -0.458 e. The molecule has 0 rings (SSSR count). The summed E-state index contributed by atoms with van der Waals surface area (Å²) in [6, 6.07) is 0. The highest BCUT2D eigenvalue weighted by molar-refractivity contribution is 6.32. The molecule has 0 unspecified atom stereocenters. The van der Waals surface area contributed by atoms with Gasteiger partial charge < -0.3 is 9.47 Å². The van der Waals surface area contributed by atoms with Crippen molar-refractivity contribution in [2.75, 3.05) is 19.8 Å². The first kappa shape index (κ1) is 10.1. The van der Waals surface area contributed by atoms with Crippen molar-refractivity contribution in [3.8, 4) is 0 Å². The third-order valence-corrected chi connectivity index (χ3v) is 0.952. The normalized spacial score (nSPS) is 9.27. The Bertz CT molecular complexity index is 141. The Morgan fingerprint density at radius 1 is 1.27 bits per heavy atom. The van der Waals surface area contributed by atoms with Gasteiger partial charge in [0.2, 0.25) is 5.78 Å². The third kappa shape index (κ3) is 5.54. The zero-order valence-electron chi connectivity index (χ0n) is 6.75. The van der Waals surface area contributed by atoms with Crippen molar-refractivity contribution in [1.29, 1.82) is 0 Å². The molecule has 0 aromatic rings. The van der Waals surface area contributed by atoms with Crippen LogP contribution in [0, 0.1) is 0 Å². The quantitative estimate of drug-likeness (QED) is 0.326. The summed E-state index contributed by atoms with van der Waals surface area (Å²) in [6.45, 7) is 4.08. The largest absolute Gasteiger partial charge is 0.458 e. The standard InChI is InChI=1S/C7H12O4/c1-3-10-4-5-11-7(9)6(2)8/h3-5H2,1-2H3. The lowest BCUT2D eigenvalue weighted by molar-refractivity contribution is -0.154. The fourth-order valence-electron chi connectivity index (χ4n) is 0.439. The van der Waals surface area contributed by atoms with Crippen LogP contribution in [0.25, 0.3) is 0 Å². The van der Waals surface area contributed by atoms with E-state index in [0.717, 1.165) is 0 Å². The maximum absolute atomic E-state index is 10.5. The van der Waals surface area contributed by atoms with Crippen LogP contribution in [0.3, 0.4) is 0 Å². The van der Waals surface area contributed by atoms with Gasteiger partial charge in [0.15, 0.2) is 0 Å². The molecule has 4 nitrogen and oxygen atoms in total. The minimum atomic E-state index is -0.801. The zero-order valence-corrected chi connectivity index (χ0v) is 6.75. The Hall–Kier alpha value is -0.900. The SMILES string of the molecule is CCOCCOC(=O)C(C)=O. The third-order valence-electron chi connectivity index (χ3n) is 0.952. The average molecular weight is 160 g/mol. The molecule has 0 aliphatic heterocycles. The number of Topliss-reactive ketones (excluding diaryl/α,β-unsaturated/α-hetero) is 1. The Balaban J connectivity index is 3.25. The van der Waals surface area contributed by atoms with Gasteiger partial charge in [-0.25, -0.2) is 4.79 Å². The van der Waals surface area contributed by atoms with E-state index in [1.807, 2.05) is 6.92 Å². The molecule has 0 radical (unpaired) electrons. The first-order valence-electron chi connectivity index (χ1n) is 3.44. The molecule has 0 spiro atoms. The number of rotatable bonds is 5. The predicted octanol–water partition coefficient (Wildman–Crippen LogP) is 0.155. The van der Waals surface area contributed by atoms with Crippen molar-refractivity contribution in [3.05, 3.63) is 0 Å². The number of hydrogen-bond donors (Lipinski definition) is 0. The molecule has 0 saturated carbocycles. The zero-order chi connectivity index (χ0) is 8.69. The summed E-state index contributed by atoms with van der Waals surface area (Å²) in [5.74, 6) is -1.38. The molecule has 0 aromatic carbocycles. The van der Waals surface area contributed by atoms with Gasteiger partial charge in [-0.05, 0) is 6.92 Å². The molecule has 0 aromatic heterocycles. The van der Waals surface area contributed by atoms with Crippen LogP contribution >= 0.6 is 0 Å². The number of hydrogen-bond acceptors (Lipinski definition) is 4. The Kier molecular flexibility index (Phi) is 5.37. The molecular formula is C7H12O4. The van der Waals surface area contributed by atoms with E-state index in [4.69, 9.17) is 4.74 Å². The summed E-state index contributed by atoms with van der Waals surface area (Å²) in [5.41, 5.74) is 0. The van der Waals surface area contributed by atoms with Gasteiger partial charge >= 0.3 is 5.97 Å². The number of esters is 1. The molecule has 4 heteroatoms. The second kappa shape index (κ2) is 5.85. The van der Waals surface area contributed by atoms with Crippen LogP contribution in [-0.2, 0) is 19.1 Å². The van der Waals surface area contributed by atoms with Crippen molar-refractivity contribution in [1.82, 2.24) is 0 Å². The van der Waals surface area contributed by atoms with Gasteiger partial charge in [-0.1, -0.05) is 0 Å². The van der Waals surface area contributed by atoms with E-state index in [1.165, 1.54) is 6.92 Å². The van der Waals surface area contributed by atoms with Crippen molar-refractivity contribution in [2.24, 2.45) is 0 Å². The molecule has 11 heavy (non-hydrogen) atoms. The molecule has 0 fully saturated rings. The van der Waals surface area contributed by atoms with Crippen LogP contribution in [0.1, 0.15) is 13.8 Å². The molecule has 0 atom stereocenters. The van der Waals surface area contributed by atoms with Gasteiger partial charge in [-0.15, -0.1) is 0 Å². The summed E-state index contributed by atoms with van der Waals surface area (Å²) < 4.78 is 9.37. The molecule has 0 heterocycles. The van der Waals surface area contributed by atoms with Gasteiger partial charge in [0.05, 0.1) is 6.61 Å². The summed E-state index contributed by atoms with van der Waals surface area (Å²) in [6.07, 6.45) is 0. The first-order valence-corrected chi connectivity index (χ1v) is 3.44. The van der Waals surface area contributed by atoms with E-state index in [2.05, 4.69) is 4.74 Å². The Morgan fingerprint density at radius 3 is 2.36 bits per heavy atom. The lowest BCUT2D eigenvalue weighted by Crippen LogP contribution is -2.16. The molecule has 0 aliphatic rings. The van der Waals surface area contributed by atoms with Crippen LogP contribution in [0.5, 0.6) is 0 Å². The number of ether oxygens (including phenoxy) is 2. The second-order valence-corrected chi connectivity index (χ2v) is 1.89. The monoisotopic (exact) mass is 160 g/mol. The Labute approximate surface area is 65.5 Å². The number of carbonyl (C=O) groups excluding carboxylic acids is 2. The van der Waals surface area contributed by atoms with E-state index in [0.29, 0.717) is 13.2 Å². The maximum atomic E-state index is 10.5. The highest BCUT2D eigenvalue weighted by Crippen LogP contribution is 1.81. The molecule has 0 aliphatic carbocycles. The summed E-state index contributed by atoms with van der Waals surface area (Å²) in [5, 5.41) is 0. The van der Waals surface area contributed by atoms with E-state index >= 15 is 0 Å². The topological polar surface area (TPSA) is 52.6 Å². The van der Waals surface area contributed by atoms with Crippen molar-refractivity contribution >= 4 is 11.8 Å². The fraction of sp³-hybridized carbons (Fsp3) is 0.714. The summed E-state index contributed by atoms with van der Waals surface area (Å²) in [7, 11) is 0. The maximum Gasteiger partial charge on any atom is 0.374 e. The van der Waals surface area contributed by atoms with Gasteiger partial charge in [-0.2, -0.15) is 0 Å². The van der Waals surface area contributed by atoms with E-state index in [1.54, 1.807) is 0 Å². The predicted molar refractivity (Wildman–Crippen MR) is 38.1 cm³/mol. The summed E-state index contributed by atoms with van der Waals surface area (Å²) >= 11 is 0. The van der Waals surface area contributed by atoms with Crippen LogP contribution < -0.4 is 0 Å². The van der Waals surface area contributed by atoms with E-state index < -0.39 is 11.8 Å². The second-order valence-electron chi connectivity index (χ2n) is 1.89. The molecule has 0 bridgehead atoms. The molecular weight excluding hydrogens is 148 g/mol. The highest BCUT2D eigenvalue weighted by atomic mass is 16.6. The van der Waals surface area contributed by atoms with Crippen molar-refractivity contribution < 1.29 is 19.1 Å². The van der Waals surface area contributed by atoms with Crippen LogP contribution in [-0.4, -0.2) is 31.6 Å². The fourth-order valence-corrected chi connectivity index (χ4v) is 0.439. The first-order chi connectivity index (χ1) is 5.18. The van der Waals surface area contributed by atoms with E-state index in [-0.39, 0.29) is 6.61 Å². The summed E-state index contributed by atoms with van der Waals surface area (Å²) in [4.78, 5) is 20.8. The van der Waals surface area contributed by atoms with Gasteiger partial charge in [0.25, 0.3) is 0 Å². The number of ketones is 1.